The number of sulfonamides is 1. The summed E-state index contributed by atoms with van der Waals surface area (Å²) in [5.41, 5.74) is 0.783. The highest BCUT2D eigenvalue weighted by Gasteiger charge is 2.31. The second-order valence-electron chi connectivity index (χ2n) is 4.95. The maximum absolute atomic E-state index is 12.3. The average Bonchev–Trinajstić information content (AvgIpc) is 2.88. The van der Waals surface area contributed by atoms with Crippen molar-refractivity contribution in [2.75, 3.05) is 6.61 Å². The Kier molecular flexibility index (Phi) is 4.89. The van der Waals surface area contributed by atoms with Gasteiger partial charge in [0.15, 0.2) is 0 Å². The Bertz CT molecular complexity index is 522. The fourth-order valence-electron chi connectivity index (χ4n) is 2.52. The van der Waals surface area contributed by atoms with E-state index < -0.39 is 10.0 Å². The third-order valence-electron chi connectivity index (χ3n) is 3.56. The summed E-state index contributed by atoms with van der Waals surface area (Å²) in [6, 6.07) is 1.53. The summed E-state index contributed by atoms with van der Waals surface area (Å²) in [5.74, 6) is 0.233. The summed E-state index contributed by atoms with van der Waals surface area (Å²) in [4.78, 5) is 0. The Morgan fingerprint density at radius 1 is 1.53 bits per heavy atom. The molecule has 1 heterocycles. The van der Waals surface area contributed by atoms with Gasteiger partial charge in [0, 0.05) is 12.6 Å². The minimum Gasteiger partial charge on any atom is -0.396 e. The Morgan fingerprint density at radius 3 is 2.84 bits per heavy atom. The smallest absolute Gasteiger partial charge is 0.250 e. The van der Waals surface area contributed by atoms with Crippen molar-refractivity contribution in [1.82, 2.24) is 4.72 Å². The molecular weight excluding hydrogens is 306 g/mol. The van der Waals surface area contributed by atoms with Crippen LogP contribution in [0.4, 0.5) is 0 Å². The van der Waals surface area contributed by atoms with Crippen LogP contribution < -0.4 is 4.72 Å². The van der Waals surface area contributed by atoms with Crippen LogP contribution in [0.1, 0.15) is 31.2 Å². The van der Waals surface area contributed by atoms with Crippen molar-refractivity contribution in [3.05, 3.63) is 16.0 Å². The summed E-state index contributed by atoms with van der Waals surface area (Å²) in [6.07, 6.45) is 3.46. The fraction of sp³-hybridized carbons (Fsp3) is 0.667. The fourth-order valence-corrected chi connectivity index (χ4v) is 5.59. The number of aryl methyl sites for hydroxylation is 1. The number of aliphatic hydroxyl groups is 1. The Balaban J connectivity index is 2.13. The average molecular weight is 324 g/mol. The predicted molar refractivity (Wildman–Crippen MR) is 77.2 cm³/mol. The van der Waals surface area contributed by atoms with Gasteiger partial charge in [-0.05, 0) is 43.7 Å². The normalized spacial score (nSPS) is 23.9. The van der Waals surface area contributed by atoms with Crippen LogP contribution in [0.25, 0.3) is 0 Å². The van der Waals surface area contributed by atoms with E-state index in [0.29, 0.717) is 10.8 Å². The highest BCUT2D eigenvalue weighted by molar-refractivity contribution is 7.91. The molecule has 0 aliphatic heterocycles. The quantitative estimate of drug-likeness (QED) is 0.875. The predicted octanol–water partition coefficient (Wildman–Crippen LogP) is 2.54. The third kappa shape index (κ3) is 3.49. The maximum Gasteiger partial charge on any atom is 0.250 e. The Labute approximate surface area is 122 Å². The topological polar surface area (TPSA) is 66.4 Å². The minimum absolute atomic E-state index is 0.0710. The van der Waals surface area contributed by atoms with Crippen molar-refractivity contribution in [3.63, 3.8) is 0 Å². The van der Waals surface area contributed by atoms with Crippen LogP contribution in [0.5, 0.6) is 0 Å². The van der Waals surface area contributed by atoms with E-state index >= 15 is 0 Å². The molecule has 4 nitrogen and oxygen atoms in total. The summed E-state index contributed by atoms with van der Waals surface area (Å²) in [6.45, 7) is 1.90. The molecule has 0 amide bonds. The molecular formula is C12H18ClNO3S2. The summed E-state index contributed by atoms with van der Waals surface area (Å²) < 4.78 is 28.1. The Hall–Kier alpha value is -0.140. The molecule has 19 heavy (non-hydrogen) atoms. The third-order valence-corrected chi connectivity index (χ3v) is 7.08. The lowest BCUT2D eigenvalue weighted by atomic mass is 10.0. The molecule has 2 atom stereocenters. The molecule has 1 aliphatic carbocycles. The van der Waals surface area contributed by atoms with Gasteiger partial charge in [-0.2, -0.15) is 0 Å². The molecule has 108 valence electrons. The zero-order chi connectivity index (χ0) is 14.0. The van der Waals surface area contributed by atoms with E-state index in [-0.39, 0.29) is 22.8 Å². The molecule has 0 bridgehead atoms. The van der Waals surface area contributed by atoms with E-state index in [1.54, 1.807) is 13.0 Å². The van der Waals surface area contributed by atoms with Crippen molar-refractivity contribution in [1.29, 1.82) is 0 Å². The zero-order valence-corrected chi connectivity index (χ0v) is 13.1. The first-order chi connectivity index (χ1) is 8.94. The van der Waals surface area contributed by atoms with E-state index in [1.807, 2.05) is 0 Å². The number of halogens is 1. The standard InChI is InChI=1S/C12H18ClNO3S2/c1-8-7-11(18-12(8)13)19(16,17)14-10-4-2-3-9(10)5-6-15/h7,9-10,14-15H,2-6H2,1H3/t9-,10-/m0/s1. The van der Waals surface area contributed by atoms with Crippen molar-refractivity contribution < 1.29 is 13.5 Å². The van der Waals surface area contributed by atoms with Gasteiger partial charge in [0.25, 0.3) is 0 Å². The number of hydrogen-bond acceptors (Lipinski definition) is 4. The first kappa shape index (κ1) is 15.3. The number of rotatable bonds is 5. The van der Waals surface area contributed by atoms with Crippen molar-refractivity contribution in [2.24, 2.45) is 5.92 Å². The maximum atomic E-state index is 12.3. The lowest BCUT2D eigenvalue weighted by molar-refractivity contribution is 0.248. The van der Waals surface area contributed by atoms with Gasteiger partial charge >= 0.3 is 0 Å². The summed E-state index contributed by atoms with van der Waals surface area (Å²) in [5, 5.41) is 9.01. The molecule has 1 saturated carbocycles. The van der Waals surface area contributed by atoms with Gasteiger partial charge in [0.2, 0.25) is 10.0 Å². The van der Waals surface area contributed by atoms with Gasteiger partial charge in [-0.25, -0.2) is 13.1 Å². The molecule has 0 radical (unpaired) electrons. The van der Waals surface area contributed by atoms with Crippen LogP contribution in [0.3, 0.4) is 0 Å². The first-order valence-corrected chi connectivity index (χ1v) is 9.01. The van der Waals surface area contributed by atoms with Crippen LogP contribution in [0, 0.1) is 12.8 Å². The van der Waals surface area contributed by atoms with Crippen LogP contribution in [-0.4, -0.2) is 26.2 Å². The van der Waals surface area contributed by atoms with Gasteiger partial charge in [0.1, 0.15) is 4.21 Å². The number of thiophene rings is 1. The number of hydrogen-bond donors (Lipinski definition) is 2. The van der Waals surface area contributed by atoms with E-state index in [9.17, 15) is 8.42 Å². The molecule has 0 aromatic carbocycles. The summed E-state index contributed by atoms with van der Waals surface area (Å²) >= 11 is 7.01. The monoisotopic (exact) mass is 323 g/mol. The number of aliphatic hydroxyl groups excluding tert-OH is 1. The van der Waals surface area contributed by atoms with Gasteiger partial charge < -0.3 is 5.11 Å². The molecule has 0 spiro atoms. The van der Waals surface area contributed by atoms with Gasteiger partial charge in [-0.1, -0.05) is 18.0 Å². The molecule has 0 unspecified atom stereocenters. The first-order valence-electron chi connectivity index (χ1n) is 6.33. The van der Waals surface area contributed by atoms with Crippen LogP contribution in [0.15, 0.2) is 10.3 Å². The van der Waals surface area contributed by atoms with Crippen molar-refractivity contribution in [2.45, 2.75) is 42.9 Å². The van der Waals surface area contributed by atoms with Gasteiger partial charge in [-0.3, -0.25) is 0 Å². The van der Waals surface area contributed by atoms with Crippen molar-refractivity contribution in [3.8, 4) is 0 Å². The lowest BCUT2D eigenvalue weighted by Crippen LogP contribution is -2.37. The molecule has 7 heteroatoms. The molecule has 1 fully saturated rings. The van der Waals surface area contributed by atoms with Crippen molar-refractivity contribution >= 4 is 33.0 Å². The minimum atomic E-state index is -3.49. The SMILES string of the molecule is Cc1cc(S(=O)(=O)N[C@H]2CCC[C@H]2CCO)sc1Cl. The molecule has 0 saturated heterocycles. The molecule has 1 aromatic heterocycles. The molecule has 1 aliphatic rings. The zero-order valence-electron chi connectivity index (χ0n) is 10.7. The van der Waals surface area contributed by atoms with E-state index in [0.717, 1.165) is 36.2 Å². The lowest BCUT2D eigenvalue weighted by Gasteiger charge is -2.19. The highest BCUT2D eigenvalue weighted by atomic mass is 35.5. The van der Waals surface area contributed by atoms with E-state index in [2.05, 4.69) is 4.72 Å². The summed E-state index contributed by atoms with van der Waals surface area (Å²) in [7, 11) is -3.49. The molecule has 2 rings (SSSR count). The van der Waals surface area contributed by atoms with Gasteiger partial charge in [0.05, 0.1) is 4.34 Å². The number of nitrogens with one attached hydrogen (secondary N) is 1. The highest BCUT2D eigenvalue weighted by Crippen LogP contribution is 2.33. The molecule has 2 N–H and O–H groups in total. The van der Waals surface area contributed by atoms with E-state index in [1.165, 1.54) is 0 Å². The van der Waals surface area contributed by atoms with Crippen LogP contribution >= 0.6 is 22.9 Å². The van der Waals surface area contributed by atoms with Crippen LogP contribution in [0.2, 0.25) is 4.34 Å². The van der Waals surface area contributed by atoms with Gasteiger partial charge in [-0.15, -0.1) is 11.3 Å². The Morgan fingerprint density at radius 2 is 2.26 bits per heavy atom. The van der Waals surface area contributed by atoms with Crippen LogP contribution in [-0.2, 0) is 10.0 Å². The second kappa shape index (κ2) is 6.10. The molecule has 1 aromatic rings. The largest absolute Gasteiger partial charge is 0.396 e. The second-order valence-corrected chi connectivity index (χ2v) is 8.55. The van der Waals surface area contributed by atoms with E-state index in [4.69, 9.17) is 16.7 Å².